The van der Waals surface area contributed by atoms with Crippen LogP contribution >= 0.6 is 0 Å². The molecule has 1 aliphatic heterocycles. The van der Waals surface area contributed by atoms with Crippen LogP contribution in [0.1, 0.15) is 44.2 Å². The number of unbranched alkanes of at least 4 members (excludes halogenated alkanes) is 1. The molecule has 6 nitrogen and oxygen atoms in total. The molecule has 29 heavy (non-hydrogen) atoms. The van der Waals surface area contributed by atoms with Crippen LogP contribution in [0.25, 0.3) is 0 Å². The fourth-order valence-electron chi connectivity index (χ4n) is 4.31. The summed E-state index contributed by atoms with van der Waals surface area (Å²) in [6, 6.07) is 8.20. The minimum atomic E-state index is -0.0924. The van der Waals surface area contributed by atoms with Crippen molar-refractivity contribution in [2.75, 3.05) is 26.2 Å². The third-order valence-corrected chi connectivity index (χ3v) is 5.50. The number of urea groups is 1. The van der Waals surface area contributed by atoms with Crippen LogP contribution in [0.3, 0.4) is 0 Å². The number of hydrogen-bond donors (Lipinski definition) is 2. The topological polar surface area (TPSA) is 62.2 Å². The Kier molecular flexibility index (Phi) is 8.11. The second-order valence-electron chi connectivity index (χ2n) is 8.58. The Morgan fingerprint density at radius 1 is 1.14 bits per heavy atom. The number of carbonyl (C=O) groups is 1. The molecule has 2 heterocycles. The molecule has 0 bridgehead atoms. The van der Waals surface area contributed by atoms with Crippen LogP contribution in [-0.4, -0.2) is 46.7 Å². The van der Waals surface area contributed by atoms with Crippen molar-refractivity contribution in [1.29, 1.82) is 0 Å². The van der Waals surface area contributed by atoms with Gasteiger partial charge in [0, 0.05) is 45.1 Å². The lowest BCUT2D eigenvalue weighted by molar-refractivity contribution is 0.139. The van der Waals surface area contributed by atoms with Gasteiger partial charge in [-0.1, -0.05) is 38.1 Å². The molecule has 0 aliphatic carbocycles. The summed E-state index contributed by atoms with van der Waals surface area (Å²) < 4.78 is 2.03. The lowest BCUT2D eigenvalue weighted by atomic mass is 9.92. The van der Waals surface area contributed by atoms with Gasteiger partial charge in [0.1, 0.15) is 0 Å². The van der Waals surface area contributed by atoms with Crippen LogP contribution < -0.4 is 10.6 Å². The van der Waals surface area contributed by atoms with Crippen molar-refractivity contribution in [1.82, 2.24) is 25.1 Å². The third-order valence-electron chi connectivity index (χ3n) is 5.50. The van der Waals surface area contributed by atoms with Crippen molar-refractivity contribution in [3.63, 3.8) is 0 Å². The number of nitrogens with one attached hydrogen (secondary N) is 2. The van der Waals surface area contributed by atoms with E-state index in [0.717, 1.165) is 49.9 Å². The Hall–Kier alpha value is -2.34. The van der Waals surface area contributed by atoms with E-state index >= 15 is 0 Å². The van der Waals surface area contributed by atoms with E-state index in [1.165, 1.54) is 25.1 Å². The zero-order valence-corrected chi connectivity index (χ0v) is 17.8. The fourth-order valence-corrected chi connectivity index (χ4v) is 4.31. The highest BCUT2D eigenvalue weighted by molar-refractivity contribution is 5.73. The first-order valence-corrected chi connectivity index (χ1v) is 10.9. The molecule has 1 aromatic heterocycles. The number of aromatic nitrogens is 2. The van der Waals surface area contributed by atoms with Crippen LogP contribution in [0, 0.1) is 11.8 Å². The predicted octanol–water partition coefficient (Wildman–Crippen LogP) is 3.49. The van der Waals surface area contributed by atoms with Gasteiger partial charge in [0.05, 0.1) is 6.33 Å². The van der Waals surface area contributed by atoms with Crippen LogP contribution in [0.5, 0.6) is 0 Å². The quantitative estimate of drug-likeness (QED) is 0.637. The molecule has 2 N–H and O–H groups in total. The van der Waals surface area contributed by atoms with Gasteiger partial charge in [-0.3, -0.25) is 0 Å². The highest BCUT2D eigenvalue weighted by Gasteiger charge is 2.20. The van der Waals surface area contributed by atoms with Crippen molar-refractivity contribution >= 4 is 6.03 Å². The van der Waals surface area contributed by atoms with E-state index in [1.54, 1.807) is 6.20 Å². The highest BCUT2D eigenvalue weighted by atomic mass is 16.2. The van der Waals surface area contributed by atoms with E-state index in [0.29, 0.717) is 6.54 Å². The first-order valence-electron chi connectivity index (χ1n) is 10.9. The van der Waals surface area contributed by atoms with E-state index < -0.39 is 0 Å². The maximum Gasteiger partial charge on any atom is 0.315 e. The van der Waals surface area contributed by atoms with Crippen molar-refractivity contribution in [3.8, 4) is 0 Å². The first kappa shape index (κ1) is 21.4. The van der Waals surface area contributed by atoms with Crippen LogP contribution in [0.2, 0.25) is 0 Å². The largest absolute Gasteiger partial charge is 0.338 e. The molecule has 2 amide bonds. The van der Waals surface area contributed by atoms with Gasteiger partial charge < -0.3 is 20.1 Å². The lowest BCUT2D eigenvalue weighted by Crippen LogP contribution is -2.39. The van der Waals surface area contributed by atoms with E-state index in [1.807, 2.05) is 29.2 Å². The number of hydrogen-bond acceptors (Lipinski definition) is 3. The maximum atomic E-state index is 12.1. The van der Waals surface area contributed by atoms with Gasteiger partial charge in [-0.2, -0.15) is 0 Å². The van der Waals surface area contributed by atoms with Gasteiger partial charge in [0.25, 0.3) is 0 Å². The van der Waals surface area contributed by atoms with Crippen molar-refractivity contribution in [3.05, 3.63) is 54.1 Å². The van der Waals surface area contributed by atoms with Crippen molar-refractivity contribution in [2.45, 2.75) is 46.2 Å². The zero-order valence-electron chi connectivity index (χ0n) is 17.8. The molecule has 1 saturated heterocycles. The second-order valence-corrected chi connectivity index (χ2v) is 8.58. The predicted molar refractivity (Wildman–Crippen MR) is 117 cm³/mol. The summed E-state index contributed by atoms with van der Waals surface area (Å²) in [6.45, 7) is 10.3. The molecule has 1 fully saturated rings. The maximum absolute atomic E-state index is 12.1. The van der Waals surface area contributed by atoms with Gasteiger partial charge in [-0.15, -0.1) is 0 Å². The Morgan fingerprint density at radius 3 is 2.69 bits per heavy atom. The summed E-state index contributed by atoms with van der Waals surface area (Å²) in [7, 11) is 0. The Morgan fingerprint density at radius 2 is 1.93 bits per heavy atom. The molecular weight excluding hydrogens is 362 g/mol. The number of benzene rings is 1. The van der Waals surface area contributed by atoms with Crippen molar-refractivity contribution in [2.24, 2.45) is 11.8 Å². The first-order chi connectivity index (χ1) is 14.1. The number of nitrogens with zero attached hydrogens (tertiary/aromatic N) is 3. The third kappa shape index (κ3) is 7.54. The van der Waals surface area contributed by atoms with Gasteiger partial charge in [-0.05, 0) is 48.8 Å². The molecule has 2 unspecified atom stereocenters. The number of carbonyl (C=O) groups excluding carboxylic acids is 1. The number of imidazole rings is 1. The van der Waals surface area contributed by atoms with Gasteiger partial charge in [-0.25, -0.2) is 9.78 Å². The van der Waals surface area contributed by atoms with E-state index in [9.17, 15) is 4.79 Å². The molecule has 6 heteroatoms. The smallest absolute Gasteiger partial charge is 0.315 e. The summed E-state index contributed by atoms with van der Waals surface area (Å²) in [5.41, 5.74) is 2.30. The molecule has 0 spiro atoms. The zero-order chi connectivity index (χ0) is 20.5. The highest BCUT2D eigenvalue weighted by Crippen LogP contribution is 2.20. The van der Waals surface area contributed by atoms with Gasteiger partial charge in [0.15, 0.2) is 0 Å². The summed E-state index contributed by atoms with van der Waals surface area (Å²) in [5, 5.41) is 5.94. The molecule has 0 saturated carbocycles. The molecule has 1 aliphatic rings. The molecule has 158 valence electrons. The average molecular weight is 398 g/mol. The summed E-state index contributed by atoms with van der Waals surface area (Å²) >= 11 is 0. The number of piperidine rings is 1. The number of amides is 2. The normalized spacial score (nSPS) is 19.8. The number of likely N-dealkylation sites (tertiary alicyclic amines) is 1. The van der Waals surface area contributed by atoms with E-state index in [-0.39, 0.29) is 6.03 Å². The lowest BCUT2D eigenvalue weighted by Gasteiger charge is -2.34. The van der Waals surface area contributed by atoms with Crippen molar-refractivity contribution < 1.29 is 4.79 Å². The minimum Gasteiger partial charge on any atom is -0.338 e. The van der Waals surface area contributed by atoms with Crippen LogP contribution in [0.4, 0.5) is 4.79 Å². The molecular formula is C23H35N5O. The summed E-state index contributed by atoms with van der Waals surface area (Å²) in [4.78, 5) is 18.7. The molecule has 2 atom stereocenters. The monoisotopic (exact) mass is 397 g/mol. The van der Waals surface area contributed by atoms with Gasteiger partial charge in [0.2, 0.25) is 0 Å². The standard InChI is InChI=1S/C23H35N5O/c1-19-12-20(2)16-27(15-19)10-4-3-8-25-23(29)26-14-21-6-5-7-22(13-21)17-28-11-9-24-18-28/h5-7,9,11,13,18-20H,3-4,8,10,12,14-17H2,1-2H3,(H2,25,26,29). The van der Waals surface area contributed by atoms with E-state index in [4.69, 9.17) is 0 Å². The fraction of sp³-hybridized carbons (Fsp3) is 0.565. The average Bonchev–Trinajstić information content (AvgIpc) is 3.19. The Balaban J connectivity index is 1.29. The minimum absolute atomic E-state index is 0.0924. The second kappa shape index (κ2) is 11.0. The van der Waals surface area contributed by atoms with E-state index in [2.05, 4.69) is 46.5 Å². The van der Waals surface area contributed by atoms with Crippen LogP contribution in [-0.2, 0) is 13.1 Å². The van der Waals surface area contributed by atoms with Crippen LogP contribution in [0.15, 0.2) is 43.0 Å². The SMILES string of the molecule is CC1CC(C)CN(CCCCNC(=O)NCc2cccc(Cn3ccnc3)c2)C1. The molecule has 2 aromatic rings. The summed E-state index contributed by atoms with van der Waals surface area (Å²) in [5.74, 6) is 1.61. The molecule has 3 rings (SSSR count). The molecule has 0 radical (unpaired) electrons. The Labute approximate surface area is 174 Å². The Bertz CT molecular complexity index is 735. The molecule has 1 aromatic carbocycles. The number of rotatable bonds is 9. The summed E-state index contributed by atoms with van der Waals surface area (Å²) in [6.07, 6.45) is 9.05. The van der Waals surface area contributed by atoms with Gasteiger partial charge >= 0.3 is 6.03 Å².